The number of ether oxygens (including phenoxy) is 1. The summed E-state index contributed by atoms with van der Waals surface area (Å²) in [5, 5.41) is 27.3. The molecule has 4 aromatic rings. The van der Waals surface area contributed by atoms with Crippen molar-refractivity contribution in [3.63, 3.8) is 0 Å². The second-order valence-electron chi connectivity index (χ2n) is 12.4. The maximum atomic E-state index is 14.5. The number of para-hydroxylation sites is 1. The van der Waals surface area contributed by atoms with Gasteiger partial charge in [0.1, 0.15) is 30.0 Å². The number of aromatic nitrogens is 3. The highest BCUT2D eigenvalue weighted by Crippen LogP contribution is 2.30. The number of fused-ring (bicyclic) bond motifs is 2. The zero-order chi connectivity index (χ0) is 35.9. The van der Waals surface area contributed by atoms with Gasteiger partial charge in [-0.25, -0.2) is 19.5 Å². The lowest BCUT2D eigenvalue weighted by Crippen LogP contribution is -2.76. The minimum absolute atomic E-state index is 0.0124. The van der Waals surface area contributed by atoms with E-state index in [1.807, 2.05) is 42.5 Å². The molecule has 0 aliphatic carbocycles. The maximum Gasteiger partial charge on any atom is 0.334 e. The lowest BCUT2D eigenvalue weighted by Gasteiger charge is -2.55. The van der Waals surface area contributed by atoms with Gasteiger partial charge in [-0.05, 0) is 34.9 Å². The van der Waals surface area contributed by atoms with Crippen molar-refractivity contribution in [3.8, 4) is 5.75 Å². The van der Waals surface area contributed by atoms with Crippen molar-refractivity contribution in [1.82, 2.24) is 45.4 Å². The number of amides is 5. The SMILES string of the molecule is C=CCN1CC(=O)N2[C@@H](Cc3ccc(O)cc3)C(=O)N(Cc3cccc4nnn(CC(=O)NCCOC)c34)C[C@@H]2N1C(=O)NCc1ccccc1. The third-order valence-electron chi connectivity index (χ3n) is 8.93. The molecule has 2 saturated heterocycles. The van der Waals surface area contributed by atoms with E-state index in [2.05, 4.69) is 27.5 Å². The van der Waals surface area contributed by atoms with Gasteiger partial charge < -0.3 is 30.3 Å². The molecule has 2 fully saturated rings. The maximum absolute atomic E-state index is 14.5. The van der Waals surface area contributed by atoms with Crippen molar-refractivity contribution < 1.29 is 29.0 Å². The molecule has 0 unspecified atom stereocenters. The molecule has 2 aliphatic heterocycles. The number of piperazine rings is 1. The molecule has 5 amide bonds. The number of hydrogen-bond donors (Lipinski definition) is 3. The Hall–Kier alpha value is -5.80. The van der Waals surface area contributed by atoms with Crippen molar-refractivity contribution in [1.29, 1.82) is 0 Å². The molecule has 15 heteroatoms. The van der Waals surface area contributed by atoms with Crippen LogP contribution in [0.1, 0.15) is 16.7 Å². The Balaban J connectivity index is 1.35. The number of urea groups is 1. The van der Waals surface area contributed by atoms with Crippen LogP contribution in [0.5, 0.6) is 5.75 Å². The molecule has 0 spiro atoms. The Morgan fingerprint density at radius 3 is 2.55 bits per heavy atom. The molecule has 266 valence electrons. The zero-order valence-electron chi connectivity index (χ0n) is 28.4. The monoisotopic (exact) mass is 695 g/mol. The molecule has 15 nitrogen and oxygen atoms in total. The molecule has 1 aromatic heterocycles. The van der Waals surface area contributed by atoms with Gasteiger partial charge in [-0.2, -0.15) is 0 Å². The summed E-state index contributed by atoms with van der Waals surface area (Å²) in [6.45, 7) is 4.93. The van der Waals surface area contributed by atoms with E-state index in [1.165, 1.54) is 26.7 Å². The van der Waals surface area contributed by atoms with Gasteiger partial charge >= 0.3 is 6.03 Å². The van der Waals surface area contributed by atoms with Crippen molar-refractivity contribution in [2.75, 3.05) is 39.9 Å². The first-order chi connectivity index (χ1) is 24.8. The number of phenols is 1. The number of methoxy groups -OCH3 is 1. The van der Waals surface area contributed by atoms with Crippen molar-refractivity contribution in [2.24, 2.45) is 0 Å². The Kier molecular flexibility index (Phi) is 10.9. The molecule has 2 atom stereocenters. The summed E-state index contributed by atoms with van der Waals surface area (Å²) in [5.41, 5.74) is 3.47. The van der Waals surface area contributed by atoms with Crippen molar-refractivity contribution in [3.05, 3.63) is 102 Å². The fourth-order valence-corrected chi connectivity index (χ4v) is 6.59. The predicted octanol–water partition coefficient (Wildman–Crippen LogP) is 1.64. The quantitative estimate of drug-likeness (QED) is 0.139. The third kappa shape index (κ3) is 7.84. The number of carbonyl (C=O) groups excluding carboxylic acids is 4. The Morgan fingerprint density at radius 2 is 1.80 bits per heavy atom. The highest BCUT2D eigenvalue weighted by molar-refractivity contribution is 5.92. The zero-order valence-corrected chi connectivity index (χ0v) is 28.4. The number of carbonyl (C=O) groups is 4. The first kappa shape index (κ1) is 35.0. The summed E-state index contributed by atoms with van der Waals surface area (Å²) in [5.74, 6) is -0.792. The molecule has 3 N–H and O–H groups in total. The number of hydrazine groups is 1. The van der Waals surface area contributed by atoms with Crippen molar-refractivity contribution in [2.45, 2.75) is 38.3 Å². The molecular weight excluding hydrogens is 654 g/mol. The lowest BCUT2D eigenvalue weighted by atomic mass is 9.98. The van der Waals surface area contributed by atoms with Gasteiger partial charge in [0.05, 0.1) is 25.2 Å². The molecule has 3 aromatic carbocycles. The standard InChI is InChI=1S/C36H41N9O6/c1-3-17-42-24-33(48)44-30(19-25-12-14-28(46)15-13-25)35(49)41(23-32(44)45(42)36(50)38-20-26-8-5-4-6-9-26)21-27-10-7-11-29-34(27)43(40-39-29)22-31(47)37-16-18-51-2/h3-15,30,32,46H,1,16-24H2,2H3,(H,37,47)(H,38,50)/t30-,32-/m0/s1. The van der Waals surface area contributed by atoms with Gasteiger partial charge in [-0.15, -0.1) is 11.7 Å². The van der Waals surface area contributed by atoms with E-state index in [1.54, 1.807) is 41.3 Å². The van der Waals surface area contributed by atoms with Crippen LogP contribution >= 0.6 is 0 Å². The number of aromatic hydroxyl groups is 1. The van der Waals surface area contributed by atoms with E-state index in [-0.39, 0.29) is 69.2 Å². The second-order valence-corrected chi connectivity index (χ2v) is 12.4. The van der Waals surface area contributed by atoms with E-state index in [4.69, 9.17) is 4.74 Å². The molecule has 3 heterocycles. The molecule has 0 radical (unpaired) electrons. The number of benzene rings is 3. The van der Waals surface area contributed by atoms with Gasteiger partial charge in [0.25, 0.3) is 0 Å². The highest BCUT2D eigenvalue weighted by Gasteiger charge is 2.51. The average Bonchev–Trinajstić information content (AvgIpc) is 3.54. The predicted molar refractivity (Wildman–Crippen MR) is 186 cm³/mol. The van der Waals surface area contributed by atoms with E-state index >= 15 is 0 Å². The Labute approximate surface area is 295 Å². The minimum Gasteiger partial charge on any atom is -0.508 e. The van der Waals surface area contributed by atoms with Crippen molar-refractivity contribution >= 4 is 34.8 Å². The third-order valence-corrected chi connectivity index (χ3v) is 8.93. The number of nitrogens with zero attached hydrogens (tertiary/aromatic N) is 7. The van der Waals surface area contributed by atoms with Crippen LogP contribution in [-0.4, -0.2) is 116 Å². The fraction of sp³-hybridized carbons (Fsp3) is 0.333. The summed E-state index contributed by atoms with van der Waals surface area (Å²) >= 11 is 0. The summed E-state index contributed by atoms with van der Waals surface area (Å²) < 4.78 is 6.53. The summed E-state index contributed by atoms with van der Waals surface area (Å²) in [6.07, 6.45) is 0.931. The van der Waals surface area contributed by atoms with Gasteiger partial charge in [0.2, 0.25) is 17.7 Å². The van der Waals surface area contributed by atoms with Crippen LogP contribution in [0.25, 0.3) is 11.0 Å². The summed E-state index contributed by atoms with van der Waals surface area (Å²) in [7, 11) is 1.55. The first-order valence-electron chi connectivity index (χ1n) is 16.7. The fourth-order valence-electron chi connectivity index (χ4n) is 6.59. The summed E-state index contributed by atoms with van der Waals surface area (Å²) in [4.78, 5) is 58.3. The van der Waals surface area contributed by atoms with Crippen LogP contribution in [0.15, 0.2) is 85.5 Å². The lowest BCUT2D eigenvalue weighted by molar-refractivity contribution is -0.189. The number of rotatable bonds is 13. The van der Waals surface area contributed by atoms with Gasteiger partial charge in [-0.1, -0.05) is 65.9 Å². The van der Waals surface area contributed by atoms with Gasteiger partial charge in [-0.3, -0.25) is 14.4 Å². The topological polar surface area (TPSA) is 165 Å². The van der Waals surface area contributed by atoms with Crippen LogP contribution in [0.2, 0.25) is 0 Å². The van der Waals surface area contributed by atoms with E-state index in [0.29, 0.717) is 29.7 Å². The van der Waals surface area contributed by atoms with E-state index in [9.17, 15) is 24.3 Å². The highest BCUT2D eigenvalue weighted by atomic mass is 16.5. The normalized spacial score (nSPS) is 17.8. The van der Waals surface area contributed by atoms with Crippen LogP contribution in [0.4, 0.5) is 4.79 Å². The van der Waals surface area contributed by atoms with Crippen LogP contribution in [0, 0.1) is 0 Å². The molecule has 0 saturated carbocycles. The molecular formula is C36H41N9O6. The number of hydrogen-bond acceptors (Lipinski definition) is 9. The van der Waals surface area contributed by atoms with Crippen LogP contribution in [0.3, 0.4) is 0 Å². The average molecular weight is 696 g/mol. The second kappa shape index (κ2) is 15.8. The largest absolute Gasteiger partial charge is 0.508 e. The van der Waals surface area contributed by atoms with Gasteiger partial charge in [0, 0.05) is 39.7 Å². The molecule has 6 rings (SSSR count). The number of phenolic OH excluding ortho intramolecular Hbond substituents is 1. The minimum atomic E-state index is -0.954. The van der Waals surface area contributed by atoms with Crippen LogP contribution < -0.4 is 10.6 Å². The smallest absolute Gasteiger partial charge is 0.334 e. The number of nitrogens with one attached hydrogen (secondary N) is 2. The Morgan fingerprint density at radius 1 is 1.02 bits per heavy atom. The molecule has 2 aliphatic rings. The molecule has 51 heavy (non-hydrogen) atoms. The van der Waals surface area contributed by atoms with E-state index in [0.717, 1.165) is 11.1 Å². The first-order valence-corrected chi connectivity index (χ1v) is 16.7. The molecule has 0 bridgehead atoms. The van der Waals surface area contributed by atoms with E-state index < -0.39 is 18.2 Å². The van der Waals surface area contributed by atoms with Crippen LogP contribution in [-0.2, 0) is 45.2 Å². The summed E-state index contributed by atoms with van der Waals surface area (Å²) in [6, 6.07) is 20.0. The Bertz CT molecular complexity index is 1880. The van der Waals surface area contributed by atoms with Gasteiger partial charge in [0.15, 0.2) is 0 Å².